The van der Waals surface area contributed by atoms with Crippen molar-refractivity contribution in [1.82, 2.24) is 0 Å². The molecule has 5 aliphatic carbocycles. The van der Waals surface area contributed by atoms with Gasteiger partial charge in [-0.05, 0) is 104 Å². The minimum absolute atomic E-state index is 0.774. The third-order valence-corrected chi connectivity index (χ3v) is 10.6. The van der Waals surface area contributed by atoms with Gasteiger partial charge in [-0.25, -0.2) is 0 Å². The van der Waals surface area contributed by atoms with Gasteiger partial charge in [0.15, 0.2) is 0 Å². The summed E-state index contributed by atoms with van der Waals surface area (Å²) < 4.78 is 0. The van der Waals surface area contributed by atoms with Crippen molar-refractivity contribution in [2.24, 2.45) is 58.7 Å². The first kappa shape index (κ1) is 16.3. The van der Waals surface area contributed by atoms with Crippen molar-refractivity contribution in [3.8, 4) is 0 Å². The zero-order chi connectivity index (χ0) is 16.5. The van der Waals surface area contributed by atoms with E-state index in [2.05, 4.69) is 21.7 Å². The molecule has 1 heteroatoms. The highest BCUT2D eigenvalue weighted by Crippen LogP contribution is 2.76. The maximum Gasteiger partial charge on any atom is 0.101 e. The summed E-state index contributed by atoms with van der Waals surface area (Å²) in [7, 11) is 2.51. The molecule has 0 aromatic heterocycles. The van der Waals surface area contributed by atoms with Crippen LogP contribution in [0.1, 0.15) is 78.1 Å². The van der Waals surface area contributed by atoms with E-state index in [0.717, 1.165) is 58.7 Å². The molecule has 9 unspecified atom stereocenters. The molecule has 0 nitrogen and oxygen atoms in total. The maximum atomic E-state index is 2.69. The fourth-order valence-corrected chi connectivity index (χ4v) is 9.95. The van der Waals surface area contributed by atoms with Crippen molar-refractivity contribution in [3.63, 3.8) is 0 Å². The van der Waals surface area contributed by atoms with Crippen LogP contribution in [0, 0.1) is 58.7 Å². The van der Waals surface area contributed by atoms with Gasteiger partial charge in [-0.1, -0.05) is 39.4 Å². The quantitative estimate of drug-likeness (QED) is 0.592. The van der Waals surface area contributed by atoms with Crippen molar-refractivity contribution >= 4 is 7.85 Å². The Morgan fingerprint density at radius 1 is 0.917 bits per heavy atom. The van der Waals surface area contributed by atoms with Gasteiger partial charge in [0, 0.05) is 0 Å². The summed E-state index contributed by atoms with van der Waals surface area (Å²) in [4.78, 5) is 0. The van der Waals surface area contributed by atoms with E-state index in [1.54, 1.807) is 57.8 Å². The number of rotatable bonds is 4. The lowest BCUT2D eigenvalue weighted by Gasteiger charge is -2.60. The molecule has 0 aromatic rings. The largest absolute Gasteiger partial charge is 0.101 e. The van der Waals surface area contributed by atoms with Crippen molar-refractivity contribution in [2.45, 2.75) is 84.4 Å². The standard InChI is InChI=1S/C23H39B/c1-3-15-10-11-16-12-21(22(15)16)23(14(2)13-24)19-8-4-6-17(19)18-7-5-9-20(18)23/h14-22H,3-13,24H2,1-2H3. The van der Waals surface area contributed by atoms with Crippen molar-refractivity contribution in [1.29, 1.82) is 0 Å². The summed E-state index contributed by atoms with van der Waals surface area (Å²) in [6, 6.07) is 0. The second-order valence-corrected chi connectivity index (χ2v) is 10.6. The molecule has 5 fully saturated rings. The van der Waals surface area contributed by atoms with Crippen LogP contribution in [0.25, 0.3) is 0 Å². The molecule has 0 saturated heterocycles. The van der Waals surface area contributed by atoms with Crippen LogP contribution in [0.3, 0.4) is 0 Å². The van der Waals surface area contributed by atoms with E-state index in [0.29, 0.717) is 0 Å². The van der Waals surface area contributed by atoms with Crippen molar-refractivity contribution in [2.75, 3.05) is 0 Å². The van der Waals surface area contributed by atoms with Gasteiger partial charge < -0.3 is 0 Å². The number of fused-ring (bicyclic) bond motifs is 4. The van der Waals surface area contributed by atoms with Gasteiger partial charge in [-0.15, -0.1) is 0 Å². The smallest absolute Gasteiger partial charge is 0.0780 e. The van der Waals surface area contributed by atoms with Crippen LogP contribution < -0.4 is 0 Å². The molecular weight excluding hydrogens is 287 g/mol. The van der Waals surface area contributed by atoms with E-state index in [1.807, 2.05) is 0 Å². The summed E-state index contributed by atoms with van der Waals surface area (Å²) >= 11 is 0. The molecule has 0 aliphatic heterocycles. The Hall–Kier alpha value is 0.0649. The zero-order valence-electron chi connectivity index (χ0n) is 16.5. The van der Waals surface area contributed by atoms with Gasteiger partial charge >= 0.3 is 0 Å². The van der Waals surface area contributed by atoms with Crippen LogP contribution in [0.15, 0.2) is 0 Å². The van der Waals surface area contributed by atoms with Crippen LogP contribution >= 0.6 is 0 Å². The molecule has 0 bridgehead atoms. The van der Waals surface area contributed by atoms with E-state index < -0.39 is 0 Å². The third-order valence-electron chi connectivity index (χ3n) is 10.6. The SMILES string of the molecule is BCC(C)C1(C2CC3CCC(CC)C32)C2CCCC2C2CCCC21. The highest BCUT2D eigenvalue weighted by molar-refractivity contribution is 6.08. The molecule has 5 saturated carbocycles. The van der Waals surface area contributed by atoms with E-state index in [-0.39, 0.29) is 0 Å². The number of hydrogen-bond donors (Lipinski definition) is 0. The average molecular weight is 326 g/mol. The Morgan fingerprint density at radius 2 is 1.58 bits per heavy atom. The second kappa shape index (κ2) is 5.78. The molecule has 9 atom stereocenters. The summed E-state index contributed by atoms with van der Waals surface area (Å²) in [5, 5.41) is 0. The molecule has 0 heterocycles. The molecule has 0 aromatic carbocycles. The van der Waals surface area contributed by atoms with E-state index in [4.69, 9.17) is 0 Å². The molecule has 134 valence electrons. The first-order valence-corrected chi connectivity index (χ1v) is 11.7. The second-order valence-electron chi connectivity index (χ2n) is 10.6. The van der Waals surface area contributed by atoms with Crippen molar-refractivity contribution < 1.29 is 0 Å². The molecule has 0 radical (unpaired) electrons. The number of hydrogen-bond acceptors (Lipinski definition) is 0. The minimum atomic E-state index is 0.774. The van der Waals surface area contributed by atoms with Gasteiger partial charge in [-0.2, -0.15) is 0 Å². The normalized spacial score (nSPS) is 56.6. The molecule has 5 rings (SSSR count). The van der Waals surface area contributed by atoms with E-state index >= 15 is 0 Å². The van der Waals surface area contributed by atoms with Gasteiger partial charge in [0.2, 0.25) is 0 Å². The summed E-state index contributed by atoms with van der Waals surface area (Å²) in [6.45, 7) is 5.18. The average Bonchev–Trinajstić information content (AvgIpc) is 3.30. The Morgan fingerprint density at radius 3 is 2.17 bits per heavy atom. The lowest BCUT2D eigenvalue weighted by Crippen LogP contribution is -2.55. The maximum absolute atomic E-state index is 2.69. The predicted octanol–water partition coefficient (Wildman–Crippen LogP) is 5.58. The van der Waals surface area contributed by atoms with Crippen LogP contribution in [-0.4, -0.2) is 7.85 Å². The summed E-state index contributed by atoms with van der Waals surface area (Å²) in [5.74, 6) is 10.0. The van der Waals surface area contributed by atoms with Crippen LogP contribution in [-0.2, 0) is 0 Å². The van der Waals surface area contributed by atoms with Crippen LogP contribution in [0.4, 0.5) is 0 Å². The molecule has 5 aliphatic rings. The fraction of sp³-hybridized carbons (Fsp3) is 1.00. The van der Waals surface area contributed by atoms with Gasteiger partial charge in [0.1, 0.15) is 7.85 Å². The highest BCUT2D eigenvalue weighted by atomic mass is 14.7. The Kier molecular flexibility index (Phi) is 3.92. The minimum Gasteiger partial charge on any atom is -0.0780 e. The first-order chi connectivity index (χ1) is 11.7. The summed E-state index contributed by atoms with van der Waals surface area (Å²) in [6.07, 6.45) is 17.2. The molecule has 24 heavy (non-hydrogen) atoms. The fourth-order valence-electron chi connectivity index (χ4n) is 9.95. The summed E-state index contributed by atoms with van der Waals surface area (Å²) in [5.41, 5.74) is 0.774. The zero-order valence-corrected chi connectivity index (χ0v) is 16.5. The lowest BCUT2D eigenvalue weighted by atomic mass is 9.44. The predicted molar refractivity (Wildman–Crippen MR) is 105 cm³/mol. The Bertz CT molecular complexity index is 464. The third kappa shape index (κ3) is 1.83. The van der Waals surface area contributed by atoms with Gasteiger partial charge in [0.05, 0.1) is 0 Å². The van der Waals surface area contributed by atoms with Gasteiger partial charge in [-0.3, -0.25) is 0 Å². The molecular formula is C23H39B. The lowest BCUT2D eigenvalue weighted by molar-refractivity contribution is -0.119. The van der Waals surface area contributed by atoms with Crippen LogP contribution in [0.2, 0.25) is 6.32 Å². The highest BCUT2D eigenvalue weighted by Gasteiger charge is 2.69. The van der Waals surface area contributed by atoms with E-state index in [9.17, 15) is 0 Å². The van der Waals surface area contributed by atoms with E-state index in [1.165, 1.54) is 12.7 Å². The molecule has 0 spiro atoms. The monoisotopic (exact) mass is 326 g/mol. The Labute approximate surface area is 151 Å². The molecule has 0 N–H and O–H groups in total. The first-order valence-electron chi connectivity index (χ1n) is 11.7. The van der Waals surface area contributed by atoms with Crippen LogP contribution in [0.5, 0.6) is 0 Å². The topological polar surface area (TPSA) is 0 Å². The van der Waals surface area contributed by atoms with Gasteiger partial charge in [0.25, 0.3) is 0 Å². The molecule has 0 amide bonds. The Balaban J connectivity index is 1.57. The van der Waals surface area contributed by atoms with Crippen molar-refractivity contribution in [3.05, 3.63) is 0 Å².